The molecule has 0 aromatic heterocycles. The second kappa shape index (κ2) is 10.1. The van der Waals surface area contributed by atoms with Crippen LogP contribution >= 0.6 is 0 Å². The molecule has 1 N–H and O–H groups in total. The molecule has 3 aromatic carbocycles. The Bertz CT molecular complexity index is 1080. The fourth-order valence-corrected chi connectivity index (χ4v) is 4.64. The Balaban J connectivity index is 1.31. The molecule has 2 heterocycles. The quantitative estimate of drug-likeness (QED) is 0.472. The first kappa shape index (κ1) is 21.5. The lowest BCUT2D eigenvalue weighted by molar-refractivity contribution is 0.0426. The fourth-order valence-electron chi connectivity index (χ4n) is 4.64. The molecular weight excluding hydrogens is 412 g/mol. The molecule has 0 spiro atoms. The van der Waals surface area contributed by atoms with E-state index >= 15 is 0 Å². The summed E-state index contributed by atoms with van der Waals surface area (Å²) in [7, 11) is 0. The Morgan fingerprint density at radius 3 is 2.70 bits per heavy atom. The van der Waals surface area contributed by atoms with Gasteiger partial charge in [-0.1, -0.05) is 54.6 Å². The summed E-state index contributed by atoms with van der Waals surface area (Å²) in [4.78, 5) is 15.3. The van der Waals surface area contributed by atoms with E-state index in [0.717, 1.165) is 49.3 Å². The number of para-hydroxylation sites is 1. The Morgan fingerprint density at radius 1 is 1.00 bits per heavy atom. The number of carbonyl (C=O) groups is 1. The largest absolute Gasteiger partial charge is 0.494 e. The van der Waals surface area contributed by atoms with Crippen LogP contribution in [0.5, 0.6) is 5.75 Å². The summed E-state index contributed by atoms with van der Waals surface area (Å²) in [6, 6.07) is 26.3. The molecule has 5 heteroatoms. The van der Waals surface area contributed by atoms with Crippen LogP contribution in [0.3, 0.4) is 0 Å². The van der Waals surface area contributed by atoms with Crippen molar-refractivity contribution in [1.82, 2.24) is 4.90 Å². The van der Waals surface area contributed by atoms with Gasteiger partial charge >= 0.3 is 0 Å². The van der Waals surface area contributed by atoms with Crippen molar-refractivity contribution >= 4 is 11.6 Å². The second-order valence-corrected chi connectivity index (χ2v) is 8.70. The lowest BCUT2D eigenvalue weighted by atomic mass is 10.0. The van der Waals surface area contributed by atoms with Gasteiger partial charge in [0.25, 0.3) is 5.91 Å². The summed E-state index contributed by atoms with van der Waals surface area (Å²) in [5, 5.41) is 3.58. The van der Waals surface area contributed by atoms with Crippen molar-refractivity contribution in [3.05, 3.63) is 95.6 Å². The van der Waals surface area contributed by atoms with Gasteiger partial charge in [0.05, 0.1) is 18.3 Å². The minimum Gasteiger partial charge on any atom is -0.494 e. The van der Waals surface area contributed by atoms with Crippen molar-refractivity contribution in [2.24, 2.45) is 0 Å². The van der Waals surface area contributed by atoms with Crippen LogP contribution in [-0.2, 0) is 11.2 Å². The van der Waals surface area contributed by atoms with Crippen molar-refractivity contribution in [2.75, 3.05) is 25.1 Å². The van der Waals surface area contributed by atoms with Crippen LogP contribution in [0, 0.1) is 0 Å². The van der Waals surface area contributed by atoms with Gasteiger partial charge in [-0.15, -0.1) is 0 Å². The molecule has 2 atom stereocenters. The van der Waals surface area contributed by atoms with Gasteiger partial charge < -0.3 is 19.7 Å². The number of ether oxygens (including phenoxy) is 2. The van der Waals surface area contributed by atoms with Gasteiger partial charge in [0.1, 0.15) is 11.9 Å². The first-order chi connectivity index (χ1) is 16.3. The lowest BCUT2D eigenvalue weighted by Crippen LogP contribution is -2.46. The molecule has 2 aliphatic heterocycles. The fraction of sp³-hybridized carbons (Fsp3) is 0.321. The standard InChI is InChI=1S/C28H30N2O3/c31-28-25-15-4-5-16-26(25)29-27(30(28)20-24-14-8-18-33-24)22-12-6-13-23(19-22)32-17-7-11-21-9-2-1-3-10-21/h1-6,9-10,12-13,15-16,19,24,27,29H,7-8,11,14,17-18,20H2. The molecule has 0 radical (unpaired) electrons. The predicted octanol–water partition coefficient (Wildman–Crippen LogP) is 5.44. The number of hydrogen-bond donors (Lipinski definition) is 1. The van der Waals surface area contributed by atoms with Gasteiger partial charge in [-0.05, 0) is 61.1 Å². The topological polar surface area (TPSA) is 50.8 Å². The Hall–Kier alpha value is -3.31. The van der Waals surface area contributed by atoms with Gasteiger partial charge in [-0.3, -0.25) is 4.79 Å². The van der Waals surface area contributed by atoms with Crippen LogP contribution in [0.15, 0.2) is 78.9 Å². The number of fused-ring (bicyclic) bond motifs is 1. The van der Waals surface area contributed by atoms with E-state index in [4.69, 9.17) is 9.47 Å². The number of aryl methyl sites for hydroxylation is 1. The number of nitrogens with zero attached hydrogens (tertiary/aromatic N) is 1. The normalized spacial score (nSPS) is 19.8. The highest BCUT2D eigenvalue weighted by Gasteiger charge is 2.35. The molecule has 33 heavy (non-hydrogen) atoms. The average Bonchev–Trinajstić information content (AvgIpc) is 3.38. The average molecular weight is 443 g/mol. The second-order valence-electron chi connectivity index (χ2n) is 8.70. The highest BCUT2D eigenvalue weighted by atomic mass is 16.5. The zero-order valence-corrected chi connectivity index (χ0v) is 18.8. The minimum absolute atomic E-state index is 0.0408. The van der Waals surface area contributed by atoms with Gasteiger partial charge in [0, 0.05) is 18.8 Å². The van der Waals surface area contributed by atoms with Crippen LogP contribution in [-0.4, -0.2) is 36.7 Å². The summed E-state index contributed by atoms with van der Waals surface area (Å²) >= 11 is 0. The maximum absolute atomic E-state index is 13.4. The molecule has 0 saturated carbocycles. The zero-order chi connectivity index (χ0) is 22.5. The van der Waals surface area contributed by atoms with Crippen molar-refractivity contribution in [1.29, 1.82) is 0 Å². The van der Waals surface area contributed by atoms with E-state index in [0.29, 0.717) is 18.7 Å². The number of anilines is 1. The third kappa shape index (κ3) is 5.04. The highest BCUT2D eigenvalue weighted by molar-refractivity contribution is 6.01. The molecule has 2 unspecified atom stereocenters. The van der Waals surface area contributed by atoms with Gasteiger partial charge in [-0.25, -0.2) is 0 Å². The SMILES string of the molecule is O=C1c2ccccc2NC(c2cccc(OCCCc3ccccc3)c2)N1CC1CCCO1. The first-order valence-corrected chi connectivity index (χ1v) is 11.8. The van der Waals surface area contributed by atoms with Crippen LogP contribution in [0.4, 0.5) is 5.69 Å². The molecule has 1 saturated heterocycles. The number of benzene rings is 3. The summed E-state index contributed by atoms with van der Waals surface area (Å²) in [5.74, 6) is 0.866. The molecule has 0 aliphatic carbocycles. The smallest absolute Gasteiger partial charge is 0.257 e. The molecule has 170 valence electrons. The zero-order valence-electron chi connectivity index (χ0n) is 18.8. The van der Waals surface area contributed by atoms with Crippen molar-refractivity contribution in [3.63, 3.8) is 0 Å². The van der Waals surface area contributed by atoms with Gasteiger partial charge in [-0.2, -0.15) is 0 Å². The van der Waals surface area contributed by atoms with E-state index < -0.39 is 0 Å². The Labute approximate surface area is 195 Å². The number of nitrogens with one attached hydrogen (secondary N) is 1. The number of rotatable bonds is 8. The summed E-state index contributed by atoms with van der Waals surface area (Å²) in [6.07, 6.45) is 3.81. The molecule has 5 rings (SSSR count). The maximum Gasteiger partial charge on any atom is 0.257 e. The van der Waals surface area contributed by atoms with Gasteiger partial charge in [0.2, 0.25) is 0 Å². The molecule has 1 amide bonds. The molecule has 5 nitrogen and oxygen atoms in total. The first-order valence-electron chi connectivity index (χ1n) is 11.8. The van der Waals surface area contributed by atoms with Crippen LogP contribution < -0.4 is 10.1 Å². The van der Waals surface area contributed by atoms with Crippen molar-refractivity contribution < 1.29 is 14.3 Å². The van der Waals surface area contributed by atoms with Crippen LogP contribution in [0.25, 0.3) is 0 Å². The van der Waals surface area contributed by atoms with Gasteiger partial charge in [0.15, 0.2) is 0 Å². The summed E-state index contributed by atoms with van der Waals surface area (Å²) in [6.45, 7) is 2.00. The van der Waals surface area contributed by atoms with E-state index in [1.165, 1.54) is 5.56 Å². The Kier molecular flexibility index (Phi) is 6.58. The van der Waals surface area contributed by atoms with E-state index in [1.54, 1.807) is 0 Å². The Morgan fingerprint density at radius 2 is 1.85 bits per heavy atom. The molecular formula is C28H30N2O3. The van der Waals surface area contributed by atoms with Crippen LogP contribution in [0.2, 0.25) is 0 Å². The van der Waals surface area contributed by atoms with E-state index in [9.17, 15) is 4.79 Å². The third-order valence-electron chi connectivity index (χ3n) is 6.34. The maximum atomic E-state index is 13.4. The van der Waals surface area contributed by atoms with E-state index in [-0.39, 0.29) is 18.2 Å². The molecule has 2 aliphatic rings. The number of amides is 1. The molecule has 0 bridgehead atoms. The van der Waals surface area contributed by atoms with Crippen molar-refractivity contribution in [2.45, 2.75) is 38.0 Å². The minimum atomic E-state index is -0.260. The monoisotopic (exact) mass is 442 g/mol. The molecule has 3 aromatic rings. The van der Waals surface area contributed by atoms with Crippen LogP contribution in [0.1, 0.15) is 46.9 Å². The number of carbonyl (C=O) groups excluding carboxylic acids is 1. The number of hydrogen-bond acceptors (Lipinski definition) is 4. The van der Waals surface area contributed by atoms with Crippen molar-refractivity contribution in [3.8, 4) is 5.75 Å². The summed E-state index contributed by atoms with van der Waals surface area (Å²) < 4.78 is 11.9. The summed E-state index contributed by atoms with van der Waals surface area (Å²) in [5.41, 5.74) is 3.91. The van der Waals surface area contributed by atoms with E-state index in [1.807, 2.05) is 53.4 Å². The van der Waals surface area contributed by atoms with E-state index in [2.05, 4.69) is 35.6 Å². The lowest BCUT2D eigenvalue weighted by Gasteiger charge is -2.39. The predicted molar refractivity (Wildman–Crippen MR) is 130 cm³/mol. The highest BCUT2D eigenvalue weighted by Crippen LogP contribution is 2.35. The third-order valence-corrected chi connectivity index (χ3v) is 6.34. The molecule has 1 fully saturated rings.